The van der Waals surface area contributed by atoms with Gasteiger partial charge in [-0.3, -0.25) is 9.78 Å². The number of nitrogens with one attached hydrogen (secondary N) is 1. The zero-order valence-electron chi connectivity index (χ0n) is 20.6. The zero-order valence-corrected chi connectivity index (χ0v) is 23.2. The average molecular weight is 574 g/mol. The predicted molar refractivity (Wildman–Crippen MR) is 144 cm³/mol. The number of amides is 1. The molecule has 36 heavy (non-hydrogen) atoms. The van der Waals surface area contributed by atoms with Crippen LogP contribution in [-0.4, -0.2) is 40.2 Å². The number of anilines is 1. The van der Waals surface area contributed by atoms with Gasteiger partial charge in [0.1, 0.15) is 18.4 Å². The Morgan fingerprint density at radius 2 is 2.06 bits per heavy atom. The van der Waals surface area contributed by atoms with Crippen LogP contribution < -0.4 is 5.32 Å². The first kappa shape index (κ1) is 26.4. The molecule has 1 unspecified atom stereocenters. The number of fused-ring (bicyclic) bond motifs is 4. The minimum absolute atomic E-state index is 0.107. The van der Waals surface area contributed by atoms with E-state index in [9.17, 15) is 14.3 Å². The highest BCUT2D eigenvalue weighted by molar-refractivity contribution is 9.10. The van der Waals surface area contributed by atoms with Crippen molar-refractivity contribution in [3.8, 4) is 11.3 Å². The smallest absolute Gasteiger partial charge is 0.228 e. The Labute approximate surface area is 219 Å². The summed E-state index contributed by atoms with van der Waals surface area (Å²) in [5.74, 6) is -0.381. The van der Waals surface area contributed by atoms with Crippen LogP contribution in [0.15, 0.2) is 59.4 Å². The number of benzene rings is 1. The monoisotopic (exact) mass is 572 g/mol. The van der Waals surface area contributed by atoms with E-state index in [4.69, 9.17) is 9.72 Å². The van der Waals surface area contributed by atoms with Crippen LogP contribution in [0.25, 0.3) is 11.3 Å². The van der Waals surface area contributed by atoms with Crippen molar-refractivity contribution in [3.63, 3.8) is 0 Å². The van der Waals surface area contributed by atoms with E-state index in [0.717, 1.165) is 10.5 Å². The van der Waals surface area contributed by atoms with Crippen molar-refractivity contribution in [2.24, 2.45) is 0 Å². The highest BCUT2D eigenvalue weighted by Gasteiger charge is 2.38. The van der Waals surface area contributed by atoms with Crippen LogP contribution in [0.3, 0.4) is 0 Å². The van der Waals surface area contributed by atoms with E-state index in [2.05, 4.69) is 45.9 Å². The molecule has 0 spiro atoms. The average Bonchev–Trinajstić information content (AvgIpc) is 3.25. The van der Waals surface area contributed by atoms with Gasteiger partial charge in [0.05, 0.1) is 17.1 Å². The number of halogens is 2. The second-order valence-corrected chi connectivity index (χ2v) is 16.6. The summed E-state index contributed by atoms with van der Waals surface area (Å²) in [6, 6.07) is 8.66. The van der Waals surface area contributed by atoms with Gasteiger partial charge in [-0.05, 0) is 52.3 Å². The van der Waals surface area contributed by atoms with Crippen molar-refractivity contribution >= 4 is 35.6 Å². The van der Waals surface area contributed by atoms with Gasteiger partial charge in [0.2, 0.25) is 5.91 Å². The molecule has 0 saturated carbocycles. The largest absolute Gasteiger partial charge is 0.375 e. The molecule has 1 aliphatic rings. The van der Waals surface area contributed by atoms with Crippen molar-refractivity contribution in [3.05, 3.63) is 76.7 Å². The standard InChI is InChI=1S/C26H30BrFN4O3Si/c1-36(2,3)13-12-35-17-32-16-22-20-14-19(28)8-9-21(20)30-24(33)6-4-5-11-26(34,25(32)31-22)23-10-7-18(27)15-29-23/h4-5,7-10,14-16,34H,6,11-13,17H2,1-3H3,(H,30,33)/b5-4+. The number of carbonyl (C=O) groups is 1. The molecule has 7 nitrogen and oxygen atoms in total. The molecule has 3 aromatic rings. The molecule has 0 saturated heterocycles. The summed E-state index contributed by atoms with van der Waals surface area (Å²) in [7, 11) is -1.29. The molecular weight excluding hydrogens is 543 g/mol. The highest BCUT2D eigenvalue weighted by atomic mass is 79.9. The molecule has 1 atom stereocenters. The maximum absolute atomic E-state index is 14.3. The molecule has 1 aliphatic heterocycles. The molecule has 0 aliphatic carbocycles. The Morgan fingerprint density at radius 1 is 1.25 bits per heavy atom. The summed E-state index contributed by atoms with van der Waals surface area (Å²) < 4.78 is 22.8. The number of pyridine rings is 1. The van der Waals surface area contributed by atoms with Crippen LogP contribution in [0.5, 0.6) is 0 Å². The molecule has 2 N–H and O–H groups in total. The first-order chi connectivity index (χ1) is 17.0. The molecule has 4 rings (SSSR count). The van der Waals surface area contributed by atoms with Gasteiger partial charge in [0, 0.05) is 50.0 Å². The maximum atomic E-state index is 14.3. The Balaban J connectivity index is 1.85. The number of rotatable bonds is 6. The number of imidazole rings is 1. The zero-order chi connectivity index (χ0) is 25.9. The first-order valence-electron chi connectivity index (χ1n) is 11.8. The van der Waals surface area contributed by atoms with Crippen LogP contribution in [0, 0.1) is 5.82 Å². The fourth-order valence-electron chi connectivity index (χ4n) is 3.93. The molecule has 0 radical (unpaired) electrons. The molecule has 190 valence electrons. The van der Waals surface area contributed by atoms with E-state index >= 15 is 0 Å². The van der Waals surface area contributed by atoms with E-state index in [0.29, 0.717) is 35.1 Å². The van der Waals surface area contributed by atoms with Gasteiger partial charge in [0.15, 0.2) is 5.60 Å². The highest BCUT2D eigenvalue weighted by Crippen LogP contribution is 2.36. The lowest BCUT2D eigenvalue weighted by Crippen LogP contribution is -2.32. The molecule has 2 aromatic heterocycles. The lowest BCUT2D eigenvalue weighted by molar-refractivity contribution is -0.115. The molecule has 10 heteroatoms. The van der Waals surface area contributed by atoms with E-state index in [1.54, 1.807) is 41.2 Å². The Hall–Kier alpha value is -2.66. The second-order valence-electron chi connectivity index (χ2n) is 10.1. The fraction of sp³-hybridized carbons (Fsp3) is 0.346. The van der Waals surface area contributed by atoms with Gasteiger partial charge in [-0.25, -0.2) is 9.37 Å². The third-order valence-electron chi connectivity index (χ3n) is 5.94. The lowest BCUT2D eigenvalue weighted by atomic mass is 9.93. The molecule has 0 fully saturated rings. The van der Waals surface area contributed by atoms with Crippen molar-refractivity contribution in [2.75, 3.05) is 11.9 Å². The molecule has 1 amide bonds. The van der Waals surface area contributed by atoms with Crippen LogP contribution in [0.1, 0.15) is 24.4 Å². The minimum atomic E-state index is -1.61. The van der Waals surface area contributed by atoms with Crippen LogP contribution >= 0.6 is 15.9 Å². The number of aromatic nitrogens is 3. The van der Waals surface area contributed by atoms with Crippen molar-refractivity contribution < 1.29 is 19.0 Å². The third-order valence-corrected chi connectivity index (χ3v) is 8.11. The third kappa shape index (κ3) is 6.18. The summed E-state index contributed by atoms with van der Waals surface area (Å²) in [6.07, 6.45) is 7.03. The maximum Gasteiger partial charge on any atom is 0.228 e. The SMILES string of the molecule is C[Si](C)(C)CCOCn1cc2nc1C(O)(c1ccc(Br)cn1)C/C=C/CC(=O)Nc1ccc(F)cc1-2. The summed E-state index contributed by atoms with van der Waals surface area (Å²) in [5, 5.41) is 14.9. The number of aliphatic hydroxyl groups is 1. The lowest BCUT2D eigenvalue weighted by Gasteiger charge is -2.27. The number of nitrogens with zero attached hydrogens (tertiary/aromatic N) is 3. The van der Waals surface area contributed by atoms with Gasteiger partial charge in [-0.1, -0.05) is 31.8 Å². The first-order valence-corrected chi connectivity index (χ1v) is 16.3. The van der Waals surface area contributed by atoms with Crippen molar-refractivity contribution in [2.45, 2.75) is 50.9 Å². The second kappa shape index (κ2) is 10.8. The van der Waals surface area contributed by atoms with Gasteiger partial charge in [-0.15, -0.1) is 0 Å². The van der Waals surface area contributed by atoms with E-state index in [-0.39, 0.29) is 25.5 Å². The summed E-state index contributed by atoms with van der Waals surface area (Å²) in [6.45, 7) is 7.58. The normalized spacial score (nSPS) is 19.1. The summed E-state index contributed by atoms with van der Waals surface area (Å²) in [5.41, 5.74) is 0.0592. The van der Waals surface area contributed by atoms with Gasteiger partial charge in [0.25, 0.3) is 0 Å². The van der Waals surface area contributed by atoms with Crippen LogP contribution in [0.2, 0.25) is 25.7 Å². The Morgan fingerprint density at radius 3 is 2.78 bits per heavy atom. The molecule has 2 bridgehead atoms. The summed E-state index contributed by atoms with van der Waals surface area (Å²) in [4.78, 5) is 21.8. The Bertz CT molecular complexity index is 1270. The predicted octanol–water partition coefficient (Wildman–Crippen LogP) is 5.68. The minimum Gasteiger partial charge on any atom is -0.375 e. The number of ether oxygens (including phenoxy) is 1. The van der Waals surface area contributed by atoms with E-state index in [1.165, 1.54) is 18.2 Å². The van der Waals surface area contributed by atoms with Crippen LogP contribution in [0.4, 0.5) is 10.1 Å². The Kier molecular flexibility index (Phi) is 7.89. The van der Waals surface area contributed by atoms with Crippen molar-refractivity contribution in [1.82, 2.24) is 14.5 Å². The van der Waals surface area contributed by atoms with E-state index < -0.39 is 19.5 Å². The van der Waals surface area contributed by atoms with Crippen LogP contribution in [-0.2, 0) is 21.9 Å². The van der Waals surface area contributed by atoms with E-state index in [1.807, 2.05) is 0 Å². The summed E-state index contributed by atoms with van der Waals surface area (Å²) >= 11 is 3.39. The quantitative estimate of drug-likeness (QED) is 0.225. The number of hydrogen-bond acceptors (Lipinski definition) is 5. The topological polar surface area (TPSA) is 89.3 Å². The number of carbonyl (C=O) groups excluding carboxylic acids is 1. The van der Waals surface area contributed by atoms with Crippen molar-refractivity contribution in [1.29, 1.82) is 0 Å². The molecule has 1 aromatic carbocycles. The fourth-order valence-corrected chi connectivity index (χ4v) is 4.92. The number of hydrogen-bond donors (Lipinski definition) is 2. The molecular formula is C26H30BrFN4O3Si. The molecule has 3 heterocycles. The van der Waals surface area contributed by atoms with Gasteiger partial charge < -0.3 is 19.7 Å². The van der Waals surface area contributed by atoms with Gasteiger partial charge in [-0.2, -0.15) is 0 Å². The van der Waals surface area contributed by atoms with Gasteiger partial charge >= 0.3 is 0 Å².